The number of carbonyl (C=O) groups excluding carboxylic acids is 1. The van der Waals surface area contributed by atoms with Crippen molar-refractivity contribution in [2.45, 2.75) is 26.7 Å². The van der Waals surface area contributed by atoms with E-state index in [9.17, 15) is 9.59 Å². The molecule has 1 N–H and O–H groups in total. The Balaban J connectivity index is 2.15. The molecule has 0 saturated carbocycles. The van der Waals surface area contributed by atoms with Crippen LogP contribution in [-0.2, 0) is 9.59 Å². The van der Waals surface area contributed by atoms with Crippen LogP contribution in [0.2, 0.25) is 0 Å². The quantitative estimate of drug-likeness (QED) is 0.440. The van der Waals surface area contributed by atoms with Gasteiger partial charge in [0.15, 0.2) is 0 Å². The van der Waals surface area contributed by atoms with E-state index in [1.165, 1.54) is 0 Å². The van der Waals surface area contributed by atoms with Crippen LogP contribution in [0.15, 0.2) is 42.5 Å². The van der Waals surface area contributed by atoms with Crippen LogP contribution in [0.4, 0.5) is 0 Å². The van der Waals surface area contributed by atoms with E-state index in [-0.39, 0.29) is 12.8 Å². The van der Waals surface area contributed by atoms with Gasteiger partial charge in [-0.3, -0.25) is 9.59 Å². The Bertz CT molecular complexity index is 957. The Morgan fingerprint density at radius 1 is 0.875 bits per heavy atom. The average Bonchev–Trinajstić information content (AvgIpc) is 2.53. The Kier molecular flexibility index (Phi) is 4.21. The first-order valence-corrected chi connectivity index (χ1v) is 7.80. The fourth-order valence-electron chi connectivity index (χ4n) is 2.80. The largest absolute Gasteiger partial charge is 0.481 e. The zero-order chi connectivity index (χ0) is 17.3. The number of ether oxygens (including phenoxy) is 1. The van der Waals surface area contributed by atoms with Crippen LogP contribution in [0, 0.1) is 13.8 Å². The van der Waals surface area contributed by atoms with E-state index in [4.69, 9.17) is 9.84 Å². The van der Waals surface area contributed by atoms with Gasteiger partial charge in [-0.15, -0.1) is 0 Å². The second-order valence-corrected chi connectivity index (χ2v) is 6.02. The lowest BCUT2D eigenvalue weighted by atomic mass is 9.99. The number of benzene rings is 3. The van der Waals surface area contributed by atoms with E-state index in [0.717, 1.165) is 32.7 Å². The monoisotopic (exact) mass is 322 g/mol. The van der Waals surface area contributed by atoms with Crippen LogP contribution in [0.25, 0.3) is 21.5 Å². The number of esters is 1. The lowest BCUT2D eigenvalue weighted by Crippen LogP contribution is -2.10. The summed E-state index contributed by atoms with van der Waals surface area (Å²) in [4.78, 5) is 22.7. The van der Waals surface area contributed by atoms with Crippen molar-refractivity contribution < 1.29 is 19.4 Å². The van der Waals surface area contributed by atoms with Crippen molar-refractivity contribution >= 4 is 33.5 Å². The van der Waals surface area contributed by atoms with Crippen molar-refractivity contribution in [2.75, 3.05) is 0 Å². The highest BCUT2D eigenvalue weighted by atomic mass is 16.5. The zero-order valence-corrected chi connectivity index (χ0v) is 13.6. The summed E-state index contributed by atoms with van der Waals surface area (Å²) in [6.45, 7) is 3.99. The molecule has 3 aromatic rings. The Morgan fingerprint density at radius 2 is 1.58 bits per heavy atom. The van der Waals surface area contributed by atoms with Crippen molar-refractivity contribution in [3.8, 4) is 5.75 Å². The van der Waals surface area contributed by atoms with Gasteiger partial charge in [-0.2, -0.15) is 0 Å². The predicted molar refractivity (Wildman–Crippen MR) is 93.4 cm³/mol. The molecule has 4 nitrogen and oxygen atoms in total. The van der Waals surface area contributed by atoms with Gasteiger partial charge in [0, 0.05) is 10.8 Å². The molecule has 0 aromatic heterocycles. The van der Waals surface area contributed by atoms with Gasteiger partial charge in [-0.1, -0.05) is 41.5 Å². The summed E-state index contributed by atoms with van der Waals surface area (Å²) in [5, 5.41) is 12.4. The highest BCUT2D eigenvalue weighted by Crippen LogP contribution is 2.36. The third-order valence-electron chi connectivity index (χ3n) is 3.98. The molecule has 0 radical (unpaired) electrons. The number of fused-ring (bicyclic) bond motifs is 2. The summed E-state index contributed by atoms with van der Waals surface area (Å²) in [5.41, 5.74) is 2.19. The molecule has 0 bridgehead atoms. The fraction of sp³-hybridized carbons (Fsp3) is 0.200. The summed E-state index contributed by atoms with van der Waals surface area (Å²) in [7, 11) is 0. The molecule has 0 amide bonds. The summed E-state index contributed by atoms with van der Waals surface area (Å²) in [5.74, 6) is -1.05. The molecule has 3 aromatic carbocycles. The summed E-state index contributed by atoms with van der Waals surface area (Å²) < 4.78 is 5.58. The molecule has 4 heteroatoms. The minimum absolute atomic E-state index is 0.148. The lowest BCUT2D eigenvalue weighted by molar-refractivity contribution is -0.142. The number of hydrogen-bond acceptors (Lipinski definition) is 3. The molecule has 0 aliphatic rings. The topological polar surface area (TPSA) is 63.6 Å². The van der Waals surface area contributed by atoms with Crippen LogP contribution < -0.4 is 4.74 Å². The summed E-state index contributed by atoms with van der Waals surface area (Å²) >= 11 is 0. The maximum Gasteiger partial charge on any atom is 0.311 e. The number of rotatable bonds is 4. The first-order valence-electron chi connectivity index (χ1n) is 7.80. The summed E-state index contributed by atoms with van der Waals surface area (Å²) in [6.07, 6.45) is -0.384. The SMILES string of the molecule is Cc1ccc2c(OC(=O)CCC(=O)O)c3cc(C)ccc3cc2c1. The molecule has 0 unspecified atom stereocenters. The van der Waals surface area contributed by atoms with Crippen molar-refractivity contribution in [3.63, 3.8) is 0 Å². The van der Waals surface area contributed by atoms with Crippen LogP contribution in [-0.4, -0.2) is 17.0 Å². The zero-order valence-electron chi connectivity index (χ0n) is 13.6. The number of carboxylic acids is 1. The molecule has 24 heavy (non-hydrogen) atoms. The third-order valence-corrected chi connectivity index (χ3v) is 3.98. The third kappa shape index (κ3) is 3.23. The highest BCUT2D eigenvalue weighted by molar-refractivity contribution is 6.06. The Hall–Kier alpha value is -2.88. The number of aliphatic carboxylic acids is 1. The van der Waals surface area contributed by atoms with Crippen LogP contribution in [0.1, 0.15) is 24.0 Å². The van der Waals surface area contributed by atoms with Crippen LogP contribution in [0.3, 0.4) is 0 Å². The van der Waals surface area contributed by atoms with E-state index in [2.05, 4.69) is 6.07 Å². The van der Waals surface area contributed by atoms with Gasteiger partial charge >= 0.3 is 11.9 Å². The van der Waals surface area contributed by atoms with Crippen molar-refractivity contribution in [2.24, 2.45) is 0 Å². The molecular formula is C20H18O4. The minimum atomic E-state index is -1.01. The molecule has 0 saturated heterocycles. The standard InChI is InChI=1S/C20H18O4/c1-12-4-6-16-15(9-12)11-14-5-3-13(2)10-17(14)20(16)24-19(23)8-7-18(21)22/h3-6,9-11H,7-8H2,1-2H3,(H,21,22). The van der Waals surface area contributed by atoms with Gasteiger partial charge in [0.1, 0.15) is 5.75 Å². The number of carboxylic acid groups (broad SMARTS) is 1. The molecule has 0 heterocycles. The Morgan fingerprint density at radius 3 is 2.33 bits per heavy atom. The molecule has 3 rings (SSSR count). The molecule has 0 aliphatic heterocycles. The van der Waals surface area contributed by atoms with Crippen molar-refractivity contribution in [1.29, 1.82) is 0 Å². The van der Waals surface area contributed by atoms with E-state index in [1.54, 1.807) is 0 Å². The average molecular weight is 322 g/mol. The fourth-order valence-corrected chi connectivity index (χ4v) is 2.80. The molecule has 0 atom stereocenters. The van der Waals surface area contributed by atoms with E-state index < -0.39 is 11.9 Å². The van der Waals surface area contributed by atoms with Gasteiger partial charge in [0.05, 0.1) is 12.8 Å². The van der Waals surface area contributed by atoms with Crippen molar-refractivity contribution in [3.05, 3.63) is 53.6 Å². The smallest absolute Gasteiger partial charge is 0.311 e. The molecule has 0 fully saturated rings. The normalized spacial score (nSPS) is 10.9. The number of hydrogen-bond donors (Lipinski definition) is 1. The van der Waals surface area contributed by atoms with Gasteiger partial charge in [-0.25, -0.2) is 0 Å². The molecule has 122 valence electrons. The van der Waals surface area contributed by atoms with Gasteiger partial charge in [-0.05, 0) is 36.8 Å². The van der Waals surface area contributed by atoms with Crippen molar-refractivity contribution in [1.82, 2.24) is 0 Å². The maximum atomic E-state index is 12.1. The van der Waals surface area contributed by atoms with E-state index >= 15 is 0 Å². The molecular weight excluding hydrogens is 304 g/mol. The maximum absolute atomic E-state index is 12.1. The highest BCUT2D eigenvalue weighted by Gasteiger charge is 2.14. The van der Waals surface area contributed by atoms with E-state index in [0.29, 0.717) is 5.75 Å². The minimum Gasteiger partial charge on any atom is -0.481 e. The van der Waals surface area contributed by atoms with E-state index in [1.807, 2.05) is 50.2 Å². The summed E-state index contributed by atoms with van der Waals surface area (Å²) in [6, 6.07) is 14.0. The van der Waals surface area contributed by atoms with Gasteiger partial charge < -0.3 is 9.84 Å². The number of aryl methyl sites for hydroxylation is 2. The van der Waals surface area contributed by atoms with Gasteiger partial charge in [0.25, 0.3) is 0 Å². The first kappa shape index (κ1) is 16.0. The molecule has 0 spiro atoms. The lowest BCUT2D eigenvalue weighted by Gasteiger charge is -2.13. The van der Waals surface area contributed by atoms with Crippen LogP contribution in [0.5, 0.6) is 5.75 Å². The Labute approximate surface area is 139 Å². The molecule has 0 aliphatic carbocycles. The predicted octanol–water partition coefficient (Wildman–Crippen LogP) is 4.38. The first-order chi connectivity index (χ1) is 11.4. The van der Waals surface area contributed by atoms with Gasteiger partial charge in [0.2, 0.25) is 0 Å². The second-order valence-electron chi connectivity index (χ2n) is 6.02. The second kappa shape index (κ2) is 6.32. The number of carbonyl (C=O) groups is 2. The van der Waals surface area contributed by atoms with Crippen LogP contribution >= 0.6 is 0 Å².